The molecular formula is C29H36N6O2. The number of carbonyl (C=O) groups excluding carboxylic acids is 2. The lowest BCUT2D eigenvalue weighted by Crippen LogP contribution is -2.56. The molecule has 0 radical (unpaired) electrons. The number of amides is 2. The Balaban J connectivity index is 1.34. The number of rotatable bonds is 8. The third kappa shape index (κ3) is 4.85. The van der Waals surface area contributed by atoms with Crippen molar-refractivity contribution in [1.82, 2.24) is 24.7 Å². The number of nitrogens with zero attached hydrogens (tertiary/aromatic N) is 6. The summed E-state index contributed by atoms with van der Waals surface area (Å²) in [5.74, 6) is 0.785. The van der Waals surface area contributed by atoms with Crippen molar-refractivity contribution in [2.24, 2.45) is 5.92 Å². The molecule has 5 rings (SSSR count). The molecule has 2 saturated carbocycles. The minimum absolute atomic E-state index is 0.0102. The fourth-order valence-corrected chi connectivity index (χ4v) is 6.50. The van der Waals surface area contributed by atoms with Gasteiger partial charge >= 0.3 is 6.03 Å². The van der Waals surface area contributed by atoms with Crippen LogP contribution in [0.5, 0.6) is 0 Å². The average molecular weight is 501 g/mol. The van der Waals surface area contributed by atoms with Gasteiger partial charge in [-0.2, -0.15) is 5.26 Å². The van der Waals surface area contributed by atoms with E-state index in [-0.39, 0.29) is 41.6 Å². The number of aromatic nitrogens is 2. The SMILES string of the molecule is CN(C)C1(c2ccccc2)CCC2(CC1)CN(CC(=O)Cc1nccc(C#N)n1)C(=O)N2CC1CCC1. The van der Waals surface area contributed by atoms with Crippen LogP contribution in [-0.4, -0.2) is 75.8 Å². The zero-order valence-electron chi connectivity index (χ0n) is 21.9. The third-order valence-electron chi connectivity index (χ3n) is 8.94. The largest absolute Gasteiger partial charge is 0.321 e. The van der Waals surface area contributed by atoms with Crippen molar-refractivity contribution in [3.8, 4) is 6.07 Å². The Kier molecular flexibility index (Phi) is 7.00. The second-order valence-corrected chi connectivity index (χ2v) is 11.2. The molecule has 2 amide bonds. The normalized spacial score (nSPS) is 25.9. The Bertz CT molecular complexity index is 1180. The van der Waals surface area contributed by atoms with Crippen molar-refractivity contribution in [1.29, 1.82) is 5.26 Å². The van der Waals surface area contributed by atoms with Crippen LogP contribution in [0.1, 0.15) is 62.0 Å². The first-order valence-corrected chi connectivity index (χ1v) is 13.4. The van der Waals surface area contributed by atoms with Crippen LogP contribution in [0.3, 0.4) is 0 Å². The Morgan fingerprint density at radius 2 is 1.86 bits per heavy atom. The van der Waals surface area contributed by atoms with E-state index < -0.39 is 0 Å². The number of nitriles is 1. The van der Waals surface area contributed by atoms with Crippen LogP contribution < -0.4 is 0 Å². The van der Waals surface area contributed by atoms with Crippen LogP contribution in [0.4, 0.5) is 4.79 Å². The Morgan fingerprint density at radius 3 is 2.49 bits per heavy atom. The van der Waals surface area contributed by atoms with E-state index >= 15 is 0 Å². The van der Waals surface area contributed by atoms with Gasteiger partial charge < -0.3 is 9.80 Å². The van der Waals surface area contributed by atoms with Crippen molar-refractivity contribution in [2.45, 2.75) is 62.4 Å². The maximum absolute atomic E-state index is 13.7. The first kappa shape index (κ1) is 25.3. The van der Waals surface area contributed by atoms with Gasteiger partial charge in [-0.25, -0.2) is 14.8 Å². The van der Waals surface area contributed by atoms with Crippen LogP contribution in [0, 0.1) is 17.2 Å². The molecule has 3 aliphatic rings. The summed E-state index contributed by atoms with van der Waals surface area (Å²) >= 11 is 0. The lowest BCUT2D eigenvalue weighted by atomic mass is 9.68. The highest BCUT2D eigenvalue weighted by Gasteiger charge is 2.55. The summed E-state index contributed by atoms with van der Waals surface area (Å²) in [5, 5.41) is 9.08. The molecule has 0 bridgehead atoms. The Morgan fingerprint density at radius 1 is 1.14 bits per heavy atom. The quantitative estimate of drug-likeness (QED) is 0.548. The average Bonchev–Trinajstić information content (AvgIpc) is 3.12. The number of Topliss-reactive ketones (excluding diaryl/α,β-unsaturated/α-hetero) is 1. The van der Waals surface area contributed by atoms with E-state index in [1.54, 1.807) is 4.90 Å². The second kappa shape index (κ2) is 10.2. The fourth-order valence-electron chi connectivity index (χ4n) is 6.50. The smallest absolute Gasteiger partial charge is 0.317 e. The molecule has 194 valence electrons. The van der Waals surface area contributed by atoms with Gasteiger partial charge in [0, 0.05) is 24.8 Å². The van der Waals surface area contributed by atoms with Crippen LogP contribution in [-0.2, 0) is 16.8 Å². The minimum atomic E-state index is -0.238. The van der Waals surface area contributed by atoms with E-state index in [0.717, 1.165) is 32.2 Å². The molecule has 0 N–H and O–H groups in total. The first-order chi connectivity index (χ1) is 17.8. The van der Waals surface area contributed by atoms with Crippen LogP contribution in [0.25, 0.3) is 0 Å². The van der Waals surface area contributed by atoms with Gasteiger partial charge in [-0.05, 0) is 70.2 Å². The molecule has 0 unspecified atom stereocenters. The highest BCUT2D eigenvalue weighted by atomic mass is 16.2. The van der Waals surface area contributed by atoms with Gasteiger partial charge in [-0.3, -0.25) is 9.69 Å². The van der Waals surface area contributed by atoms with Crippen molar-refractivity contribution in [2.75, 3.05) is 33.7 Å². The van der Waals surface area contributed by atoms with Crippen LogP contribution in [0.15, 0.2) is 42.6 Å². The topological polar surface area (TPSA) is 93.4 Å². The van der Waals surface area contributed by atoms with Gasteiger partial charge in [-0.1, -0.05) is 36.8 Å². The summed E-state index contributed by atoms with van der Waals surface area (Å²) in [6, 6.07) is 14.2. The summed E-state index contributed by atoms with van der Waals surface area (Å²) in [7, 11) is 4.32. The molecule has 3 fully saturated rings. The number of hydrogen-bond donors (Lipinski definition) is 0. The summed E-state index contributed by atoms with van der Waals surface area (Å²) < 4.78 is 0. The monoisotopic (exact) mass is 500 g/mol. The summed E-state index contributed by atoms with van der Waals surface area (Å²) in [4.78, 5) is 41.2. The third-order valence-corrected chi connectivity index (χ3v) is 8.94. The van der Waals surface area contributed by atoms with E-state index in [2.05, 4.69) is 64.2 Å². The summed E-state index contributed by atoms with van der Waals surface area (Å²) in [5.41, 5.74) is 1.28. The molecule has 37 heavy (non-hydrogen) atoms. The molecule has 2 aromatic rings. The molecule has 8 nitrogen and oxygen atoms in total. The molecule has 2 heterocycles. The van der Waals surface area contributed by atoms with Gasteiger partial charge in [0.15, 0.2) is 5.78 Å². The second-order valence-electron chi connectivity index (χ2n) is 11.2. The highest BCUT2D eigenvalue weighted by molar-refractivity contribution is 5.88. The fraction of sp³-hybridized carbons (Fsp3) is 0.552. The van der Waals surface area contributed by atoms with Gasteiger partial charge in [0.05, 0.1) is 18.5 Å². The molecule has 1 spiro atoms. The summed E-state index contributed by atoms with van der Waals surface area (Å²) in [6.07, 6.45) is 8.87. The van der Waals surface area contributed by atoms with Gasteiger partial charge in [0.25, 0.3) is 0 Å². The Hall–Kier alpha value is -3.31. The van der Waals surface area contributed by atoms with Gasteiger partial charge in [0.1, 0.15) is 17.6 Å². The van der Waals surface area contributed by atoms with Crippen LogP contribution >= 0.6 is 0 Å². The standard InChI is InChI=1S/C29H36N6O2/c1-33(2)29(23-9-4-3-5-10-23)14-12-28(13-15-29)21-34(27(37)35(28)19-22-7-6-8-22)20-25(36)17-26-31-16-11-24(18-30)32-26/h3-5,9-11,16,22H,6-8,12-15,17,19-21H2,1-2H3. The molecule has 8 heteroatoms. The maximum Gasteiger partial charge on any atom is 0.321 e. The van der Waals surface area contributed by atoms with Crippen molar-refractivity contribution in [3.63, 3.8) is 0 Å². The number of ketones is 1. The maximum atomic E-state index is 13.7. The minimum Gasteiger partial charge on any atom is -0.317 e. The number of hydrogen-bond acceptors (Lipinski definition) is 6. The predicted molar refractivity (Wildman–Crippen MR) is 139 cm³/mol. The van der Waals surface area contributed by atoms with E-state index in [4.69, 9.17) is 5.26 Å². The van der Waals surface area contributed by atoms with E-state index in [1.807, 2.05) is 6.07 Å². The molecule has 2 aliphatic carbocycles. The molecular weight excluding hydrogens is 464 g/mol. The molecule has 1 saturated heterocycles. The Labute approximate surface area is 219 Å². The lowest BCUT2D eigenvalue weighted by Gasteiger charge is -2.51. The van der Waals surface area contributed by atoms with Crippen molar-refractivity contribution < 1.29 is 9.59 Å². The number of urea groups is 1. The van der Waals surface area contributed by atoms with Gasteiger partial charge in [0.2, 0.25) is 0 Å². The lowest BCUT2D eigenvalue weighted by molar-refractivity contribution is -0.119. The number of benzene rings is 1. The molecule has 1 aromatic carbocycles. The van der Waals surface area contributed by atoms with Crippen molar-refractivity contribution in [3.05, 3.63) is 59.7 Å². The van der Waals surface area contributed by atoms with Gasteiger partial charge in [-0.15, -0.1) is 0 Å². The van der Waals surface area contributed by atoms with Crippen molar-refractivity contribution >= 4 is 11.8 Å². The summed E-state index contributed by atoms with van der Waals surface area (Å²) in [6.45, 7) is 1.43. The zero-order chi connectivity index (χ0) is 26.0. The highest BCUT2D eigenvalue weighted by Crippen LogP contribution is 2.49. The predicted octanol–water partition coefficient (Wildman–Crippen LogP) is 3.77. The van der Waals surface area contributed by atoms with Crippen LogP contribution in [0.2, 0.25) is 0 Å². The van der Waals surface area contributed by atoms with E-state index in [9.17, 15) is 9.59 Å². The molecule has 1 aliphatic heterocycles. The van der Waals surface area contributed by atoms with E-state index in [0.29, 0.717) is 18.3 Å². The first-order valence-electron chi connectivity index (χ1n) is 13.4. The molecule has 0 atom stereocenters. The van der Waals surface area contributed by atoms with E-state index in [1.165, 1.54) is 37.1 Å². The zero-order valence-corrected chi connectivity index (χ0v) is 21.9. The molecule has 1 aromatic heterocycles. The number of carbonyl (C=O) groups is 2.